The van der Waals surface area contributed by atoms with Gasteiger partial charge in [0.1, 0.15) is 18.2 Å². The first-order chi connectivity index (χ1) is 15.2. The van der Waals surface area contributed by atoms with Gasteiger partial charge in [-0.15, -0.1) is 0 Å². The van der Waals surface area contributed by atoms with E-state index < -0.39 is 6.09 Å². The van der Waals surface area contributed by atoms with Gasteiger partial charge in [0.2, 0.25) is 0 Å². The Morgan fingerprint density at radius 1 is 1.35 bits per heavy atom. The van der Waals surface area contributed by atoms with E-state index in [9.17, 15) is 4.79 Å². The second kappa shape index (κ2) is 10.7. The molecule has 1 aliphatic heterocycles. The highest BCUT2D eigenvalue weighted by molar-refractivity contribution is 7.97. The second-order valence-electron chi connectivity index (χ2n) is 8.03. The smallest absolute Gasteiger partial charge is 0.413 e. The number of hydrogen-bond acceptors (Lipinski definition) is 6. The Bertz CT molecular complexity index is 930. The van der Waals surface area contributed by atoms with Crippen molar-refractivity contribution >= 4 is 23.9 Å². The fourth-order valence-corrected chi connectivity index (χ4v) is 4.02. The molecule has 1 unspecified atom stereocenters. The predicted octanol–water partition coefficient (Wildman–Crippen LogP) is 5.42. The number of carbonyl (C=O) groups is 1. The van der Waals surface area contributed by atoms with Crippen LogP contribution >= 0.6 is 11.9 Å². The predicted molar refractivity (Wildman–Crippen MR) is 124 cm³/mol. The van der Waals surface area contributed by atoms with E-state index in [0.29, 0.717) is 5.82 Å². The standard InChI is InChI=1S/C24H29N3O3S/c1-17(20-7-5-8-22(13-20)29-15-18-9-10-18)27-31-11-4-2-3-6-19-12-21-16-30-24(28)26-23(21)25-14-19/h2-3,5,7-8,12-14,17-18,27H,4,6,9-11,15-16H2,1H3,(H,25,26,28)/b3-2+. The molecule has 0 radical (unpaired) electrons. The molecule has 2 heterocycles. The van der Waals surface area contributed by atoms with Crippen LogP contribution in [-0.4, -0.2) is 23.4 Å². The molecule has 4 rings (SSSR count). The van der Waals surface area contributed by atoms with Crippen LogP contribution in [0.3, 0.4) is 0 Å². The number of amides is 1. The molecule has 164 valence electrons. The van der Waals surface area contributed by atoms with Crippen molar-refractivity contribution in [2.45, 2.75) is 45.3 Å². The maximum Gasteiger partial charge on any atom is 0.413 e. The maximum absolute atomic E-state index is 11.2. The highest BCUT2D eigenvalue weighted by atomic mass is 32.2. The number of aromatic nitrogens is 1. The summed E-state index contributed by atoms with van der Waals surface area (Å²) in [4.78, 5) is 15.5. The van der Waals surface area contributed by atoms with Gasteiger partial charge in [0.05, 0.1) is 6.61 Å². The number of cyclic esters (lactones) is 1. The normalized spacial score (nSPS) is 16.5. The zero-order valence-electron chi connectivity index (χ0n) is 17.8. The van der Waals surface area contributed by atoms with Gasteiger partial charge in [-0.1, -0.05) is 36.2 Å². The lowest BCUT2D eigenvalue weighted by Crippen LogP contribution is -2.21. The molecule has 2 aromatic rings. The third-order valence-electron chi connectivity index (χ3n) is 5.31. The molecule has 7 heteroatoms. The molecule has 1 amide bonds. The Hall–Kier alpha value is -2.51. The number of hydrogen-bond donors (Lipinski definition) is 2. The van der Waals surface area contributed by atoms with Crippen LogP contribution in [0, 0.1) is 5.92 Å². The molecule has 1 aliphatic carbocycles. The van der Waals surface area contributed by atoms with Gasteiger partial charge in [0.15, 0.2) is 0 Å². The SMILES string of the molecule is CC(NSCC/C=C/Cc1cnc2c(c1)COC(=O)N2)c1cccc(OCC2CC2)c1. The van der Waals surface area contributed by atoms with E-state index in [2.05, 4.69) is 52.3 Å². The monoisotopic (exact) mass is 439 g/mol. The third-order valence-corrected chi connectivity index (χ3v) is 6.27. The Labute approximate surface area is 187 Å². The molecule has 1 fully saturated rings. The Morgan fingerprint density at radius 3 is 3.13 bits per heavy atom. The van der Waals surface area contributed by atoms with Gasteiger partial charge in [-0.25, -0.2) is 9.78 Å². The number of carbonyl (C=O) groups excluding carboxylic acids is 1. The highest BCUT2D eigenvalue weighted by Crippen LogP contribution is 2.30. The average molecular weight is 440 g/mol. The van der Waals surface area contributed by atoms with Crippen LogP contribution in [0.4, 0.5) is 10.6 Å². The van der Waals surface area contributed by atoms with Gasteiger partial charge in [-0.2, -0.15) is 0 Å². The minimum absolute atomic E-state index is 0.266. The molecular formula is C24H29N3O3S. The minimum Gasteiger partial charge on any atom is -0.493 e. The number of rotatable bonds is 11. The van der Waals surface area contributed by atoms with Crippen LogP contribution in [0.25, 0.3) is 0 Å². The lowest BCUT2D eigenvalue weighted by molar-refractivity contribution is 0.151. The molecule has 31 heavy (non-hydrogen) atoms. The molecule has 0 bridgehead atoms. The summed E-state index contributed by atoms with van der Waals surface area (Å²) in [5.74, 6) is 3.33. The van der Waals surface area contributed by atoms with Crippen molar-refractivity contribution in [2.24, 2.45) is 5.92 Å². The van der Waals surface area contributed by atoms with Gasteiger partial charge in [0.25, 0.3) is 0 Å². The Balaban J connectivity index is 1.14. The van der Waals surface area contributed by atoms with Crippen LogP contribution in [0.2, 0.25) is 0 Å². The fourth-order valence-electron chi connectivity index (χ4n) is 3.26. The van der Waals surface area contributed by atoms with Crippen molar-refractivity contribution in [2.75, 3.05) is 17.7 Å². The number of pyridine rings is 1. The van der Waals surface area contributed by atoms with Gasteiger partial charge in [-0.3, -0.25) is 10.0 Å². The number of allylic oxidation sites excluding steroid dienone is 2. The van der Waals surface area contributed by atoms with Crippen molar-refractivity contribution in [1.82, 2.24) is 9.71 Å². The highest BCUT2D eigenvalue weighted by Gasteiger charge is 2.22. The fraction of sp³-hybridized carbons (Fsp3) is 0.417. The van der Waals surface area contributed by atoms with Crippen molar-refractivity contribution in [3.63, 3.8) is 0 Å². The van der Waals surface area contributed by atoms with E-state index in [1.165, 1.54) is 18.4 Å². The number of fused-ring (bicyclic) bond motifs is 1. The molecule has 1 saturated carbocycles. The summed E-state index contributed by atoms with van der Waals surface area (Å²) in [5, 5.41) is 2.61. The quantitative estimate of drug-likeness (QED) is 0.277. The first-order valence-corrected chi connectivity index (χ1v) is 11.8. The molecule has 2 aliphatic rings. The zero-order valence-corrected chi connectivity index (χ0v) is 18.6. The van der Waals surface area contributed by atoms with E-state index >= 15 is 0 Å². The third kappa shape index (κ3) is 6.74. The Morgan fingerprint density at radius 2 is 2.26 bits per heavy atom. The zero-order chi connectivity index (χ0) is 21.5. The molecule has 2 N–H and O–H groups in total. The molecule has 1 atom stereocenters. The number of ether oxygens (including phenoxy) is 2. The van der Waals surface area contributed by atoms with E-state index in [1.807, 2.05) is 12.1 Å². The summed E-state index contributed by atoms with van der Waals surface area (Å²) in [6.07, 6.45) is 10.1. The molecule has 1 aromatic heterocycles. The summed E-state index contributed by atoms with van der Waals surface area (Å²) in [6, 6.07) is 10.7. The van der Waals surface area contributed by atoms with Gasteiger partial charge >= 0.3 is 6.09 Å². The number of benzene rings is 1. The van der Waals surface area contributed by atoms with Crippen LogP contribution in [0.15, 0.2) is 48.7 Å². The van der Waals surface area contributed by atoms with Crippen LogP contribution in [-0.2, 0) is 17.8 Å². The first kappa shape index (κ1) is 21.7. The minimum atomic E-state index is -0.442. The lowest BCUT2D eigenvalue weighted by atomic mass is 10.1. The maximum atomic E-state index is 11.2. The van der Waals surface area contributed by atoms with Crippen molar-refractivity contribution in [3.8, 4) is 5.75 Å². The molecule has 1 aromatic carbocycles. The van der Waals surface area contributed by atoms with E-state index in [4.69, 9.17) is 9.47 Å². The van der Waals surface area contributed by atoms with Crippen molar-refractivity contribution in [1.29, 1.82) is 0 Å². The Kier molecular flexibility index (Phi) is 7.48. The van der Waals surface area contributed by atoms with Gasteiger partial charge < -0.3 is 9.47 Å². The second-order valence-corrected chi connectivity index (χ2v) is 8.96. The van der Waals surface area contributed by atoms with E-state index in [0.717, 1.165) is 48.0 Å². The van der Waals surface area contributed by atoms with Crippen molar-refractivity contribution < 1.29 is 14.3 Å². The first-order valence-electron chi connectivity index (χ1n) is 10.8. The molecular weight excluding hydrogens is 410 g/mol. The summed E-state index contributed by atoms with van der Waals surface area (Å²) in [7, 11) is 0. The summed E-state index contributed by atoms with van der Waals surface area (Å²) >= 11 is 1.74. The van der Waals surface area contributed by atoms with Crippen molar-refractivity contribution in [3.05, 3.63) is 65.4 Å². The van der Waals surface area contributed by atoms with Crippen LogP contribution in [0.1, 0.15) is 48.9 Å². The average Bonchev–Trinajstić information content (AvgIpc) is 3.62. The van der Waals surface area contributed by atoms with E-state index in [-0.39, 0.29) is 12.6 Å². The molecule has 6 nitrogen and oxygen atoms in total. The summed E-state index contributed by atoms with van der Waals surface area (Å²) < 4.78 is 14.4. The number of nitrogens with one attached hydrogen (secondary N) is 2. The molecule has 0 spiro atoms. The lowest BCUT2D eigenvalue weighted by Gasteiger charge is -2.16. The van der Waals surface area contributed by atoms with E-state index in [1.54, 1.807) is 18.1 Å². The van der Waals surface area contributed by atoms with Gasteiger partial charge in [0, 0.05) is 23.6 Å². The van der Waals surface area contributed by atoms with Crippen LogP contribution < -0.4 is 14.8 Å². The topological polar surface area (TPSA) is 72.5 Å². The van der Waals surface area contributed by atoms with Gasteiger partial charge in [-0.05, 0) is 67.9 Å². The summed E-state index contributed by atoms with van der Waals surface area (Å²) in [6.45, 7) is 3.30. The summed E-state index contributed by atoms with van der Waals surface area (Å²) in [5.41, 5.74) is 3.27. The largest absolute Gasteiger partial charge is 0.493 e. The molecule has 0 saturated heterocycles. The number of nitrogens with zero attached hydrogens (tertiary/aromatic N) is 1. The van der Waals surface area contributed by atoms with Crippen LogP contribution in [0.5, 0.6) is 5.75 Å². The number of anilines is 1.